The standard InChI is InChI=1S/C14H18N2O/c1-11(10-17-2)8-15-13-7-12-5-3-4-6-14(12)16-9-13/h3-7,9,11,15H,8,10H2,1-2H3. The summed E-state index contributed by atoms with van der Waals surface area (Å²) >= 11 is 0. The third kappa shape index (κ3) is 3.17. The van der Waals surface area contributed by atoms with E-state index in [9.17, 15) is 0 Å². The minimum absolute atomic E-state index is 0.492. The fourth-order valence-electron chi connectivity index (χ4n) is 1.80. The van der Waals surface area contributed by atoms with Gasteiger partial charge in [0.25, 0.3) is 0 Å². The molecule has 0 aliphatic heterocycles. The molecular formula is C14H18N2O. The Balaban J connectivity index is 2.04. The van der Waals surface area contributed by atoms with Crippen molar-refractivity contribution in [3.63, 3.8) is 0 Å². The number of methoxy groups -OCH3 is 1. The largest absolute Gasteiger partial charge is 0.384 e. The minimum Gasteiger partial charge on any atom is -0.384 e. The van der Waals surface area contributed by atoms with E-state index in [1.165, 1.54) is 0 Å². The number of benzene rings is 1. The molecule has 1 N–H and O–H groups in total. The Bertz CT molecular complexity index is 484. The summed E-state index contributed by atoms with van der Waals surface area (Å²) in [5.41, 5.74) is 2.09. The Morgan fingerprint density at radius 3 is 3.00 bits per heavy atom. The predicted molar refractivity (Wildman–Crippen MR) is 71.3 cm³/mol. The average Bonchev–Trinajstić information content (AvgIpc) is 2.36. The van der Waals surface area contributed by atoms with E-state index < -0.39 is 0 Å². The Labute approximate surface area is 102 Å². The third-order valence-electron chi connectivity index (χ3n) is 2.70. The van der Waals surface area contributed by atoms with Gasteiger partial charge in [0.05, 0.1) is 24.0 Å². The maximum Gasteiger partial charge on any atom is 0.0703 e. The van der Waals surface area contributed by atoms with E-state index in [1.807, 2.05) is 24.4 Å². The second kappa shape index (κ2) is 5.64. The van der Waals surface area contributed by atoms with Gasteiger partial charge in [-0.2, -0.15) is 0 Å². The molecule has 1 heterocycles. The van der Waals surface area contributed by atoms with Crippen molar-refractivity contribution in [2.24, 2.45) is 5.92 Å². The highest BCUT2D eigenvalue weighted by Gasteiger charge is 2.02. The first-order chi connectivity index (χ1) is 8.29. The van der Waals surface area contributed by atoms with Crippen molar-refractivity contribution < 1.29 is 4.74 Å². The second-order valence-electron chi connectivity index (χ2n) is 4.36. The molecule has 0 fully saturated rings. The number of para-hydroxylation sites is 1. The summed E-state index contributed by atoms with van der Waals surface area (Å²) < 4.78 is 5.11. The number of nitrogens with zero attached hydrogens (tertiary/aromatic N) is 1. The van der Waals surface area contributed by atoms with Crippen LogP contribution in [-0.4, -0.2) is 25.2 Å². The van der Waals surface area contributed by atoms with Crippen LogP contribution in [0.2, 0.25) is 0 Å². The van der Waals surface area contributed by atoms with Crippen LogP contribution in [0.25, 0.3) is 10.9 Å². The fourth-order valence-corrected chi connectivity index (χ4v) is 1.80. The van der Waals surface area contributed by atoms with Crippen molar-refractivity contribution in [1.29, 1.82) is 0 Å². The number of fused-ring (bicyclic) bond motifs is 1. The van der Waals surface area contributed by atoms with Crippen LogP contribution in [0, 0.1) is 5.92 Å². The smallest absolute Gasteiger partial charge is 0.0703 e. The zero-order chi connectivity index (χ0) is 12.1. The zero-order valence-electron chi connectivity index (χ0n) is 10.3. The molecule has 3 heteroatoms. The lowest BCUT2D eigenvalue weighted by atomic mass is 10.2. The van der Waals surface area contributed by atoms with E-state index in [4.69, 9.17) is 4.74 Å². The number of hydrogen-bond acceptors (Lipinski definition) is 3. The van der Waals surface area contributed by atoms with Gasteiger partial charge in [0, 0.05) is 19.0 Å². The van der Waals surface area contributed by atoms with Gasteiger partial charge in [-0.15, -0.1) is 0 Å². The lowest BCUT2D eigenvalue weighted by Crippen LogP contribution is -2.15. The number of aromatic nitrogens is 1. The minimum atomic E-state index is 0.492. The highest BCUT2D eigenvalue weighted by atomic mass is 16.5. The van der Waals surface area contributed by atoms with Crippen LogP contribution in [-0.2, 0) is 4.74 Å². The van der Waals surface area contributed by atoms with Crippen LogP contribution in [0.3, 0.4) is 0 Å². The summed E-state index contributed by atoms with van der Waals surface area (Å²) in [6, 6.07) is 10.3. The van der Waals surface area contributed by atoms with E-state index in [-0.39, 0.29) is 0 Å². The summed E-state index contributed by atoms with van der Waals surface area (Å²) in [7, 11) is 1.73. The molecule has 0 amide bonds. The number of anilines is 1. The molecule has 0 radical (unpaired) electrons. The highest BCUT2D eigenvalue weighted by molar-refractivity contribution is 5.81. The average molecular weight is 230 g/mol. The lowest BCUT2D eigenvalue weighted by Gasteiger charge is -2.12. The fraction of sp³-hybridized carbons (Fsp3) is 0.357. The molecule has 0 saturated carbocycles. The van der Waals surface area contributed by atoms with Crippen molar-refractivity contribution >= 4 is 16.6 Å². The van der Waals surface area contributed by atoms with Crippen LogP contribution >= 0.6 is 0 Å². The van der Waals surface area contributed by atoms with E-state index in [1.54, 1.807) is 7.11 Å². The SMILES string of the molecule is COCC(C)CNc1cnc2ccccc2c1. The number of ether oxygens (including phenoxy) is 1. The molecule has 90 valence electrons. The van der Waals surface area contributed by atoms with E-state index in [0.29, 0.717) is 5.92 Å². The molecule has 2 rings (SSSR count). The highest BCUT2D eigenvalue weighted by Crippen LogP contribution is 2.16. The molecule has 0 aliphatic rings. The Morgan fingerprint density at radius 1 is 1.35 bits per heavy atom. The van der Waals surface area contributed by atoms with Crippen LogP contribution < -0.4 is 5.32 Å². The topological polar surface area (TPSA) is 34.1 Å². The van der Waals surface area contributed by atoms with Gasteiger partial charge in [-0.25, -0.2) is 0 Å². The normalized spacial score (nSPS) is 12.6. The third-order valence-corrected chi connectivity index (χ3v) is 2.70. The monoisotopic (exact) mass is 230 g/mol. The molecule has 0 saturated heterocycles. The molecule has 0 bridgehead atoms. The number of rotatable bonds is 5. The van der Waals surface area contributed by atoms with E-state index >= 15 is 0 Å². The van der Waals surface area contributed by atoms with Gasteiger partial charge in [0.15, 0.2) is 0 Å². The van der Waals surface area contributed by atoms with Gasteiger partial charge < -0.3 is 10.1 Å². The summed E-state index contributed by atoms with van der Waals surface area (Å²) in [6.07, 6.45) is 1.88. The molecule has 2 aromatic rings. The van der Waals surface area contributed by atoms with Crippen LogP contribution in [0.4, 0.5) is 5.69 Å². The van der Waals surface area contributed by atoms with E-state index in [0.717, 1.165) is 29.7 Å². The molecule has 1 aromatic carbocycles. The van der Waals surface area contributed by atoms with Gasteiger partial charge in [-0.1, -0.05) is 25.1 Å². The number of pyridine rings is 1. The maximum atomic E-state index is 5.11. The van der Waals surface area contributed by atoms with Crippen LogP contribution in [0.15, 0.2) is 36.5 Å². The Kier molecular flexibility index (Phi) is 3.94. The molecule has 17 heavy (non-hydrogen) atoms. The maximum absolute atomic E-state index is 5.11. The van der Waals surface area contributed by atoms with Crippen molar-refractivity contribution in [2.75, 3.05) is 25.6 Å². The van der Waals surface area contributed by atoms with E-state index in [2.05, 4.69) is 29.4 Å². The summed E-state index contributed by atoms with van der Waals surface area (Å²) in [5.74, 6) is 0.492. The van der Waals surface area contributed by atoms with Crippen molar-refractivity contribution in [2.45, 2.75) is 6.92 Å². The molecule has 1 aromatic heterocycles. The van der Waals surface area contributed by atoms with Crippen molar-refractivity contribution in [3.8, 4) is 0 Å². The number of hydrogen-bond donors (Lipinski definition) is 1. The Hall–Kier alpha value is -1.61. The summed E-state index contributed by atoms with van der Waals surface area (Å²) in [4.78, 5) is 4.41. The first-order valence-electron chi connectivity index (χ1n) is 5.87. The first kappa shape index (κ1) is 11.9. The summed E-state index contributed by atoms with van der Waals surface area (Å²) in [5, 5.41) is 4.54. The van der Waals surface area contributed by atoms with Gasteiger partial charge in [0.2, 0.25) is 0 Å². The molecule has 1 unspecified atom stereocenters. The summed E-state index contributed by atoms with van der Waals surface area (Å²) in [6.45, 7) is 3.83. The van der Waals surface area contributed by atoms with Gasteiger partial charge in [-0.3, -0.25) is 4.98 Å². The number of nitrogens with one attached hydrogen (secondary N) is 1. The van der Waals surface area contributed by atoms with Gasteiger partial charge in [0.1, 0.15) is 0 Å². The Morgan fingerprint density at radius 2 is 2.18 bits per heavy atom. The lowest BCUT2D eigenvalue weighted by molar-refractivity contribution is 0.164. The van der Waals surface area contributed by atoms with Crippen molar-refractivity contribution in [1.82, 2.24) is 4.98 Å². The zero-order valence-corrected chi connectivity index (χ0v) is 10.3. The van der Waals surface area contributed by atoms with Crippen LogP contribution in [0.1, 0.15) is 6.92 Å². The van der Waals surface area contributed by atoms with Gasteiger partial charge >= 0.3 is 0 Å². The molecular weight excluding hydrogens is 212 g/mol. The molecule has 3 nitrogen and oxygen atoms in total. The quantitative estimate of drug-likeness (QED) is 0.857. The van der Waals surface area contributed by atoms with Crippen LogP contribution in [0.5, 0.6) is 0 Å². The first-order valence-corrected chi connectivity index (χ1v) is 5.87. The predicted octanol–water partition coefficient (Wildman–Crippen LogP) is 2.93. The molecule has 0 aliphatic carbocycles. The second-order valence-corrected chi connectivity index (χ2v) is 4.36. The van der Waals surface area contributed by atoms with Gasteiger partial charge in [-0.05, 0) is 18.1 Å². The molecule has 1 atom stereocenters. The van der Waals surface area contributed by atoms with Crippen molar-refractivity contribution in [3.05, 3.63) is 36.5 Å². The molecule has 0 spiro atoms.